The van der Waals surface area contributed by atoms with Crippen LogP contribution in [0.15, 0.2) is 54.9 Å². The fourth-order valence-corrected chi connectivity index (χ4v) is 2.98. The maximum absolute atomic E-state index is 4.26. The van der Waals surface area contributed by atoms with Crippen molar-refractivity contribution in [3.05, 3.63) is 66.0 Å². The lowest BCUT2D eigenvalue weighted by molar-refractivity contribution is 0.115. The lowest BCUT2D eigenvalue weighted by Crippen LogP contribution is -2.46. The fourth-order valence-electron chi connectivity index (χ4n) is 2.98. The summed E-state index contributed by atoms with van der Waals surface area (Å²) in [6.45, 7) is 5.40. The van der Waals surface area contributed by atoms with Gasteiger partial charge in [0.25, 0.3) is 0 Å². The minimum atomic E-state index is 0.385. The van der Waals surface area contributed by atoms with Crippen molar-refractivity contribution in [2.75, 3.05) is 19.6 Å². The molecule has 3 nitrogen and oxygen atoms in total. The normalized spacial score (nSPS) is 21.6. The lowest BCUT2D eigenvalue weighted by Gasteiger charge is -2.40. The molecule has 3 heteroatoms. The molecule has 2 aromatic rings. The number of hydrogen-bond donors (Lipinski definition) is 1. The van der Waals surface area contributed by atoms with Crippen molar-refractivity contribution in [3.63, 3.8) is 0 Å². The minimum absolute atomic E-state index is 0.385. The van der Waals surface area contributed by atoms with E-state index in [0.29, 0.717) is 12.1 Å². The number of pyridine rings is 1. The Hall–Kier alpha value is -1.71. The van der Waals surface area contributed by atoms with E-state index in [9.17, 15) is 0 Å². The molecule has 0 saturated carbocycles. The summed E-state index contributed by atoms with van der Waals surface area (Å²) in [5, 5.41) is 3.51. The molecule has 2 unspecified atom stereocenters. The standard InChI is InChI=1S/C17H21N3/c1-14(16-8-5-9-18-12-16)20-11-10-19-13-17(20)15-6-3-2-4-7-15/h2-9,12,14,17,19H,10-11,13H2,1H3. The molecule has 1 saturated heterocycles. The average Bonchev–Trinajstić information content (AvgIpc) is 2.56. The molecule has 1 fully saturated rings. The van der Waals surface area contributed by atoms with Crippen LogP contribution in [0.25, 0.3) is 0 Å². The van der Waals surface area contributed by atoms with Crippen LogP contribution in [0, 0.1) is 0 Å². The maximum atomic E-state index is 4.26. The number of nitrogens with zero attached hydrogens (tertiary/aromatic N) is 2. The summed E-state index contributed by atoms with van der Waals surface area (Å²) >= 11 is 0. The van der Waals surface area contributed by atoms with Gasteiger partial charge in [0, 0.05) is 44.1 Å². The van der Waals surface area contributed by atoms with Gasteiger partial charge in [0.2, 0.25) is 0 Å². The smallest absolute Gasteiger partial charge is 0.0479 e. The summed E-state index contributed by atoms with van der Waals surface area (Å²) in [6, 6.07) is 15.8. The molecule has 0 spiro atoms. The first-order chi connectivity index (χ1) is 9.86. The first-order valence-electron chi connectivity index (χ1n) is 7.27. The van der Waals surface area contributed by atoms with Crippen LogP contribution in [0.5, 0.6) is 0 Å². The Balaban J connectivity index is 1.86. The number of piperazine rings is 1. The quantitative estimate of drug-likeness (QED) is 0.927. The predicted molar refractivity (Wildman–Crippen MR) is 81.4 cm³/mol. The molecule has 1 N–H and O–H groups in total. The third-order valence-electron chi connectivity index (χ3n) is 4.13. The first-order valence-corrected chi connectivity index (χ1v) is 7.27. The van der Waals surface area contributed by atoms with E-state index < -0.39 is 0 Å². The highest BCUT2D eigenvalue weighted by Crippen LogP contribution is 2.30. The molecule has 0 amide bonds. The van der Waals surface area contributed by atoms with Gasteiger partial charge in [-0.25, -0.2) is 0 Å². The molecular formula is C17H21N3. The summed E-state index contributed by atoms with van der Waals surface area (Å²) < 4.78 is 0. The Labute approximate surface area is 120 Å². The maximum Gasteiger partial charge on any atom is 0.0479 e. The van der Waals surface area contributed by atoms with Gasteiger partial charge in [-0.1, -0.05) is 36.4 Å². The van der Waals surface area contributed by atoms with Gasteiger partial charge >= 0.3 is 0 Å². The van der Waals surface area contributed by atoms with E-state index in [4.69, 9.17) is 0 Å². The van der Waals surface area contributed by atoms with Gasteiger partial charge in [0.1, 0.15) is 0 Å². The van der Waals surface area contributed by atoms with Gasteiger partial charge in [-0.15, -0.1) is 0 Å². The van der Waals surface area contributed by atoms with E-state index in [-0.39, 0.29) is 0 Å². The number of nitrogens with one attached hydrogen (secondary N) is 1. The molecule has 20 heavy (non-hydrogen) atoms. The van der Waals surface area contributed by atoms with Crippen LogP contribution < -0.4 is 5.32 Å². The molecule has 0 radical (unpaired) electrons. The summed E-state index contributed by atoms with van der Waals surface area (Å²) in [5.41, 5.74) is 2.67. The van der Waals surface area contributed by atoms with Gasteiger partial charge in [0.15, 0.2) is 0 Å². The molecule has 2 atom stereocenters. The van der Waals surface area contributed by atoms with Gasteiger partial charge < -0.3 is 5.32 Å². The molecule has 1 aliphatic rings. The van der Waals surface area contributed by atoms with Crippen molar-refractivity contribution in [3.8, 4) is 0 Å². The molecular weight excluding hydrogens is 246 g/mol. The van der Waals surface area contributed by atoms with Gasteiger partial charge in [-0.3, -0.25) is 9.88 Å². The van der Waals surface area contributed by atoms with Gasteiger partial charge in [0.05, 0.1) is 0 Å². The van der Waals surface area contributed by atoms with Crippen LogP contribution in [0.3, 0.4) is 0 Å². The third kappa shape index (κ3) is 2.74. The summed E-state index contributed by atoms with van der Waals surface area (Å²) in [4.78, 5) is 6.83. The average molecular weight is 267 g/mol. The fraction of sp³-hybridized carbons (Fsp3) is 0.353. The van der Waals surface area contributed by atoms with Crippen molar-refractivity contribution in [1.29, 1.82) is 0 Å². The Morgan fingerprint density at radius 3 is 2.80 bits per heavy atom. The van der Waals surface area contributed by atoms with Crippen LogP contribution in [-0.4, -0.2) is 29.5 Å². The Morgan fingerprint density at radius 1 is 1.20 bits per heavy atom. The number of rotatable bonds is 3. The minimum Gasteiger partial charge on any atom is -0.314 e. The highest BCUT2D eigenvalue weighted by atomic mass is 15.2. The van der Waals surface area contributed by atoms with Crippen molar-refractivity contribution in [1.82, 2.24) is 15.2 Å². The van der Waals surface area contributed by atoms with E-state index >= 15 is 0 Å². The van der Waals surface area contributed by atoms with Crippen LogP contribution >= 0.6 is 0 Å². The predicted octanol–water partition coefficient (Wildman–Crippen LogP) is 2.79. The zero-order chi connectivity index (χ0) is 13.8. The number of aromatic nitrogens is 1. The molecule has 3 rings (SSSR count). The number of benzene rings is 1. The SMILES string of the molecule is CC(c1cccnc1)N1CCNCC1c1ccccc1. The van der Waals surface area contributed by atoms with E-state index in [1.54, 1.807) is 0 Å². The molecule has 0 aliphatic carbocycles. The molecule has 1 aliphatic heterocycles. The lowest BCUT2D eigenvalue weighted by atomic mass is 9.99. The van der Waals surface area contributed by atoms with Gasteiger partial charge in [-0.05, 0) is 24.1 Å². The highest BCUT2D eigenvalue weighted by Gasteiger charge is 2.28. The molecule has 2 heterocycles. The monoisotopic (exact) mass is 267 g/mol. The Bertz CT molecular complexity index is 526. The largest absolute Gasteiger partial charge is 0.314 e. The number of hydrogen-bond acceptors (Lipinski definition) is 3. The van der Waals surface area contributed by atoms with Crippen LogP contribution in [0.2, 0.25) is 0 Å². The van der Waals surface area contributed by atoms with E-state index in [1.165, 1.54) is 11.1 Å². The van der Waals surface area contributed by atoms with E-state index in [0.717, 1.165) is 19.6 Å². The van der Waals surface area contributed by atoms with Crippen molar-refractivity contribution >= 4 is 0 Å². The summed E-state index contributed by atoms with van der Waals surface area (Å²) in [5.74, 6) is 0. The van der Waals surface area contributed by atoms with Crippen LogP contribution in [-0.2, 0) is 0 Å². The molecule has 1 aromatic heterocycles. The summed E-state index contributed by atoms with van der Waals surface area (Å²) in [6.07, 6.45) is 3.82. The van der Waals surface area contributed by atoms with Crippen LogP contribution in [0.1, 0.15) is 30.1 Å². The highest BCUT2D eigenvalue weighted by molar-refractivity contribution is 5.22. The second-order valence-electron chi connectivity index (χ2n) is 5.33. The second kappa shape index (κ2) is 6.16. The third-order valence-corrected chi connectivity index (χ3v) is 4.13. The second-order valence-corrected chi connectivity index (χ2v) is 5.33. The summed E-state index contributed by atoms with van der Waals surface area (Å²) in [7, 11) is 0. The van der Waals surface area contributed by atoms with E-state index in [2.05, 4.69) is 58.5 Å². The zero-order valence-electron chi connectivity index (χ0n) is 11.9. The first kappa shape index (κ1) is 13.3. The molecule has 104 valence electrons. The van der Waals surface area contributed by atoms with Crippen molar-refractivity contribution < 1.29 is 0 Å². The molecule has 0 bridgehead atoms. The Kier molecular flexibility index (Phi) is 4.09. The van der Waals surface area contributed by atoms with Crippen LogP contribution in [0.4, 0.5) is 0 Å². The van der Waals surface area contributed by atoms with E-state index in [1.807, 2.05) is 18.5 Å². The topological polar surface area (TPSA) is 28.2 Å². The molecule has 1 aromatic carbocycles. The Morgan fingerprint density at radius 2 is 2.05 bits per heavy atom. The van der Waals surface area contributed by atoms with Crippen molar-refractivity contribution in [2.24, 2.45) is 0 Å². The van der Waals surface area contributed by atoms with Gasteiger partial charge in [-0.2, -0.15) is 0 Å². The zero-order valence-corrected chi connectivity index (χ0v) is 11.9. The van der Waals surface area contributed by atoms with Crippen molar-refractivity contribution in [2.45, 2.75) is 19.0 Å².